The van der Waals surface area contributed by atoms with Crippen LogP contribution in [0.15, 0.2) is 41.1 Å². The SMILES string of the molecule is NC(=O)c1cccc([C@@H](CC(=O)CCc2ccsc2)C(=O)O)c1. The quantitative estimate of drug-likeness (QED) is 0.777. The highest BCUT2D eigenvalue weighted by Crippen LogP contribution is 2.23. The van der Waals surface area contributed by atoms with Gasteiger partial charge in [-0.3, -0.25) is 14.4 Å². The standard InChI is InChI=1S/C17H17NO4S/c18-16(20)13-3-1-2-12(8-13)15(17(21)22)9-14(19)5-4-11-6-7-23-10-11/h1-3,6-8,10,15H,4-5,9H2,(H2,18,20)(H,21,22)/t15-/m1/s1. The topological polar surface area (TPSA) is 97.5 Å². The van der Waals surface area contributed by atoms with Gasteiger partial charge in [-0.2, -0.15) is 11.3 Å². The number of nitrogens with two attached hydrogens (primary N) is 1. The molecule has 0 bridgehead atoms. The number of amides is 1. The van der Waals surface area contributed by atoms with E-state index in [0.29, 0.717) is 18.4 Å². The predicted molar refractivity (Wildman–Crippen MR) is 87.6 cm³/mol. The van der Waals surface area contributed by atoms with E-state index in [2.05, 4.69) is 0 Å². The summed E-state index contributed by atoms with van der Waals surface area (Å²) in [7, 11) is 0. The number of aliphatic carboxylic acids is 1. The van der Waals surface area contributed by atoms with Crippen LogP contribution in [0.2, 0.25) is 0 Å². The van der Waals surface area contributed by atoms with Gasteiger partial charge in [0.2, 0.25) is 5.91 Å². The number of carboxylic acids is 1. The molecule has 6 heteroatoms. The minimum atomic E-state index is -1.09. The van der Waals surface area contributed by atoms with Gasteiger partial charge in [0.25, 0.3) is 0 Å². The van der Waals surface area contributed by atoms with Gasteiger partial charge in [0.15, 0.2) is 0 Å². The number of aryl methyl sites for hydroxylation is 1. The van der Waals surface area contributed by atoms with Crippen molar-refractivity contribution in [3.05, 3.63) is 57.8 Å². The number of thiophene rings is 1. The zero-order valence-corrected chi connectivity index (χ0v) is 13.2. The van der Waals surface area contributed by atoms with Crippen molar-refractivity contribution in [2.24, 2.45) is 5.73 Å². The van der Waals surface area contributed by atoms with Gasteiger partial charge in [0, 0.05) is 18.4 Å². The maximum Gasteiger partial charge on any atom is 0.311 e. The number of primary amides is 1. The highest BCUT2D eigenvalue weighted by molar-refractivity contribution is 7.07. The first-order valence-corrected chi connectivity index (χ1v) is 8.07. The third-order valence-electron chi connectivity index (χ3n) is 3.58. The zero-order valence-electron chi connectivity index (χ0n) is 12.4. The number of Topliss-reactive ketones (excluding diaryl/α,β-unsaturated/α-hetero) is 1. The summed E-state index contributed by atoms with van der Waals surface area (Å²) in [6.07, 6.45) is 0.813. The summed E-state index contributed by atoms with van der Waals surface area (Å²) in [6, 6.07) is 8.07. The fourth-order valence-electron chi connectivity index (χ4n) is 2.30. The molecule has 0 spiro atoms. The summed E-state index contributed by atoms with van der Waals surface area (Å²) in [5, 5.41) is 13.3. The summed E-state index contributed by atoms with van der Waals surface area (Å²) < 4.78 is 0. The molecule has 23 heavy (non-hydrogen) atoms. The third-order valence-corrected chi connectivity index (χ3v) is 4.31. The maximum absolute atomic E-state index is 12.1. The average molecular weight is 331 g/mol. The van der Waals surface area contributed by atoms with Crippen molar-refractivity contribution in [1.29, 1.82) is 0 Å². The van der Waals surface area contributed by atoms with Crippen LogP contribution in [0, 0.1) is 0 Å². The van der Waals surface area contributed by atoms with Crippen LogP contribution in [0.1, 0.15) is 40.2 Å². The number of benzene rings is 1. The predicted octanol–water partition coefficient (Wildman–Crippen LogP) is 2.61. The summed E-state index contributed by atoms with van der Waals surface area (Å²) >= 11 is 1.56. The van der Waals surface area contributed by atoms with E-state index in [0.717, 1.165) is 5.56 Å². The fourth-order valence-corrected chi connectivity index (χ4v) is 3.01. The van der Waals surface area contributed by atoms with Crippen molar-refractivity contribution in [1.82, 2.24) is 0 Å². The van der Waals surface area contributed by atoms with Gasteiger partial charge in [0.1, 0.15) is 5.78 Å². The van der Waals surface area contributed by atoms with Crippen LogP contribution >= 0.6 is 11.3 Å². The maximum atomic E-state index is 12.1. The van der Waals surface area contributed by atoms with Crippen molar-refractivity contribution in [3.63, 3.8) is 0 Å². The molecule has 0 fully saturated rings. The first kappa shape index (κ1) is 16.9. The van der Waals surface area contributed by atoms with Crippen LogP contribution in [0.5, 0.6) is 0 Å². The van der Waals surface area contributed by atoms with E-state index in [9.17, 15) is 19.5 Å². The molecule has 1 aromatic heterocycles. The Kier molecular flexibility index (Phi) is 5.65. The Bertz CT molecular complexity index is 709. The van der Waals surface area contributed by atoms with Gasteiger partial charge in [-0.1, -0.05) is 12.1 Å². The Morgan fingerprint density at radius 1 is 1.22 bits per heavy atom. The van der Waals surface area contributed by atoms with E-state index in [-0.39, 0.29) is 17.8 Å². The molecular weight excluding hydrogens is 314 g/mol. The molecular formula is C17H17NO4S. The molecule has 0 aliphatic rings. The fraction of sp³-hybridized carbons (Fsp3) is 0.235. The number of hydrogen-bond donors (Lipinski definition) is 2. The minimum absolute atomic E-state index is 0.0955. The van der Waals surface area contributed by atoms with Gasteiger partial charge >= 0.3 is 5.97 Å². The van der Waals surface area contributed by atoms with E-state index in [1.165, 1.54) is 12.1 Å². The van der Waals surface area contributed by atoms with Crippen LogP contribution in [0.4, 0.5) is 0 Å². The van der Waals surface area contributed by atoms with Gasteiger partial charge in [-0.25, -0.2) is 0 Å². The number of carboxylic acid groups (broad SMARTS) is 1. The van der Waals surface area contributed by atoms with Crippen LogP contribution in [0.25, 0.3) is 0 Å². The molecule has 0 saturated carbocycles. The minimum Gasteiger partial charge on any atom is -0.481 e. The molecule has 5 nitrogen and oxygen atoms in total. The molecule has 2 rings (SSSR count). The molecule has 1 amide bonds. The van der Waals surface area contributed by atoms with Crippen LogP contribution in [-0.4, -0.2) is 22.8 Å². The van der Waals surface area contributed by atoms with Crippen molar-refractivity contribution < 1.29 is 19.5 Å². The second kappa shape index (κ2) is 7.69. The average Bonchev–Trinajstić information content (AvgIpc) is 3.04. The Labute approximate surface area is 137 Å². The largest absolute Gasteiger partial charge is 0.481 e. The van der Waals surface area contributed by atoms with Gasteiger partial charge < -0.3 is 10.8 Å². The second-order valence-electron chi connectivity index (χ2n) is 5.25. The van der Waals surface area contributed by atoms with Crippen LogP contribution < -0.4 is 5.73 Å². The molecule has 0 radical (unpaired) electrons. The third kappa shape index (κ3) is 4.75. The lowest BCUT2D eigenvalue weighted by Gasteiger charge is -2.13. The molecule has 0 aliphatic carbocycles. The van der Waals surface area contributed by atoms with Crippen molar-refractivity contribution in [3.8, 4) is 0 Å². The monoisotopic (exact) mass is 331 g/mol. The number of ketones is 1. The zero-order chi connectivity index (χ0) is 16.8. The Morgan fingerprint density at radius 2 is 2.00 bits per heavy atom. The van der Waals surface area contributed by atoms with E-state index in [1.54, 1.807) is 23.5 Å². The van der Waals surface area contributed by atoms with Crippen molar-refractivity contribution >= 4 is 29.0 Å². The first-order valence-electron chi connectivity index (χ1n) is 7.12. The number of carbonyl (C=O) groups is 3. The molecule has 0 unspecified atom stereocenters. The molecule has 0 saturated heterocycles. The Hall–Kier alpha value is -2.47. The summed E-state index contributed by atoms with van der Waals surface area (Å²) in [4.78, 5) is 34.8. The molecule has 0 aliphatic heterocycles. The molecule has 3 N–H and O–H groups in total. The molecule has 1 heterocycles. The molecule has 1 aromatic carbocycles. The smallest absolute Gasteiger partial charge is 0.311 e. The molecule has 120 valence electrons. The van der Waals surface area contributed by atoms with E-state index in [1.807, 2.05) is 16.8 Å². The molecule has 2 aromatic rings. The van der Waals surface area contributed by atoms with Gasteiger partial charge in [-0.15, -0.1) is 0 Å². The van der Waals surface area contributed by atoms with E-state index < -0.39 is 17.8 Å². The van der Waals surface area contributed by atoms with E-state index in [4.69, 9.17) is 5.73 Å². The number of rotatable bonds is 8. The summed E-state index contributed by atoms with van der Waals surface area (Å²) in [6.45, 7) is 0. The summed E-state index contributed by atoms with van der Waals surface area (Å²) in [5.74, 6) is -2.80. The lowest BCUT2D eigenvalue weighted by Crippen LogP contribution is -2.18. The first-order chi connectivity index (χ1) is 11.0. The summed E-state index contributed by atoms with van der Waals surface area (Å²) in [5.41, 5.74) is 6.93. The van der Waals surface area contributed by atoms with Crippen molar-refractivity contribution in [2.45, 2.75) is 25.2 Å². The highest BCUT2D eigenvalue weighted by atomic mass is 32.1. The van der Waals surface area contributed by atoms with E-state index >= 15 is 0 Å². The number of hydrogen-bond acceptors (Lipinski definition) is 4. The highest BCUT2D eigenvalue weighted by Gasteiger charge is 2.23. The van der Waals surface area contributed by atoms with Crippen LogP contribution in [-0.2, 0) is 16.0 Å². The number of carbonyl (C=O) groups excluding carboxylic acids is 2. The van der Waals surface area contributed by atoms with Crippen molar-refractivity contribution in [2.75, 3.05) is 0 Å². The lowest BCUT2D eigenvalue weighted by atomic mass is 9.91. The lowest BCUT2D eigenvalue weighted by molar-refractivity contribution is -0.140. The van der Waals surface area contributed by atoms with Crippen LogP contribution in [0.3, 0.4) is 0 Å². The Morgan fingerprint density at radius 3 is 2.61 bits per heavy atom. The molecule has 1 atom stereocenters. The Balaban J connectivity index is 2.06. The normalized spacial score (nSPS) is 11.8. The second-order valence-corrected chi connectivity index (χ2v) is 6.03. The van der Waals surface area contributed by atoms with Gasteiger partial charge in [-0.05, 0) is 46.5 Å². The van der Waals surface area contributed by atoms with Gasteiger partial charge in [0.05, 0.1) is 5.92 Å².